The number of nitrogens with zero attached hydrogens (tertiary/aromatic N) is 3. The van der Waals surface area contributed by atoms with Crippen LogP contribution in [0, 0.1) is 5.92 Å². The Morgan fingerprint density at radius 1 is 1.05 bits per heavy atom. The minimum atomic E-state index is 0.0138. The molecule has 1 aromatic rings. The van der Waals surface area contributed by atoms with Gasteiger partial charge in [-0.15, -0.1) is 4.98 Å². The summed E-state index contributed by atoms with van der Waals surface area (Å²) in [5.41, 5.74) is 0. The van der Waals surface area contributed by atoms with Crippen molar-refractivity contribution in [1.82, 2.24) is 15.0 Å². The highest BCUT2D eigenvalue weighted by Crippen LogP contribution is 2.15. The molecule has 0 atom stereocenters. The van der Waals surface area contributed by atoms with Gasteiger partial charge in [0.2, 0.25) is 5.95 Å². The lowest BCUT2D eigenvalue weighted by Crippen LogP contribution is -2.13. The van der Waals surface area contributed by atoms with Crippen LogP contribution in [-0.4, -0.2) is 34.2 Å². The van der Waals surface area contributed by atoms with E-state index in [1.165, 1.54) is 0 Å². The predicted molar refractivity (Wildman–Crippen MR) is 79.3 cm³/mol. The van der Waals surface area contributed by atoms with Crippen LogP contribution in [0.3, 0.4) is 0 Å². The van der Waals surface area contributed by atoms with Gasteiger partial charge in [0.05, 0.1) is 12.7 Å². The number of ether oxygens (including phenoxy) is 2. The maximum absolute atomic E-state index is 5.58. The first-order valence-corrected chi connectivity index (χ1v) is 7.30. The van der Waals surface area contributed by atoms with Crippen LogP contribution >= 0.6 is 0 Å². The average Bonchev–Trinajstić information content (AvgIpc) is 2.35. The summed E-state index contributed by atoms with van der Waals surface area (Å²) in [6, 6.07) is 0.614. The highest BCUT2D eigenvalue weighted by molar-refractivity contribution is 5.27. The van der Waals surface area contributed by atoms with E-state index in [9.17, 15) is 0 Å². The molecule has 1 rings (SSSR count). The zero-order chi connectivity index (χ0) is 15.0. The molecule has 0 saturated heterocycles. The SMILES string of the molecule is CCCNc1nc(OCCC(C)C)nc(OC(C)C)n1. The minimum absolute atomic E-state index is 0.0138. The molecule has 1 aromatic heterocycles. The second kappa shape index (κ2) is 8.55. The molecule has 20 heavy (non-hydrogen) atoms. The number of rotatable bonds is 9. The Balaban J connectivity index is 2.74. The van der Waals surface area contributed by atoms with Gasteiger partial charge in [-0.2, -0.15) is 9.97 Å². The smallest absolute Gasteiger partial charge is 0.324 e. The van der Waals surface area contributed by atoms with Gasteiger partial charge >= 0.3 is 12.0 Å². The van der Waals surface area contributed by atoms with E-state index >= 15 is 0 Å². The van der Waals surface area contributed by atoms with Crippen molar-refractivity contribution in [3.05, 3.63) is 0 Å². The van der Waals surface area contributed by atoms with Gasteiger partial charge in [0, 0.05) is 6.54 Å². The van der Waals surface area contributed by atoms with Gasteiger partial charge in [-0.25, -0.2) is 0 Å². The summed E-state index contributed by atoms with van der Waals surface area (Å²) in [4.78, 5) is 12.6. The van der Waals surface area contributed by atoms with Crippen molar-refractivity contribution in [2.75, 3.05) is 18.5 Å². The van der Waals surface area contributed by atoms with Crippen LogP contribution in [0.5, 0.6) is 12.0 Å². The summed E-state index contributed by atoms with van der Waals surface area (Å²) in [6.45, 7) is 11.6. The number of hydrogen-bond acceptors (Lipinski definition) is 6. The zero-order valence-corrected chi connectivity index (χ0v) is 13.1. The first-order valence-electron chi connectivity index (χ1n) is 7.30. The van der Waals surface area contributed by atoms with Gasteiger partial charge in [-0.05, 0) is 32.6 Å². The molecule has 0 aliphatic carbocycles. The maximum atomic E-state index is 5.58. The van der Waals surface area contributed by atoms with E-state index in [4.69, 9.17) is 9.47 Å². The number of aromatic nitrogens is 3. The molecule has 0 aromatic carbocycles. The molecule has 1 heterocycles. The van der Waals surface area contributed by atoms with Gasteiger partial charge < -0.3 is 14.8 Å². The van der Waals surface area contributed by atoms with Crippen molar-refractivity contribution in [3.8, 4) is 12.0 Å². The van der Waals surface area contributed by atoms with Crippen LogP contribution in [0.2, 0.25) is 0 Å². The van der Waals surface area contributed by atoms with E-state index in [2.05, 4.69) is 41.0 Å². The molecule has 0 radical (unpaired) electrons. The zero-order valence-electron chi connectivity index (χ0n) is 13.1. The minimum Gasteiger partial charge on any atom is -0.463 e. The van der Waals surface area contributed by atoms with Gasteiger partial charge in [0.1, 0.15) is 0 Å². The highest BCUT2D eigenvalue weighted by atomic mass is 16.5. The number of hydrogen-bond donors (Lipinski definition) is 1. The topological polar surface area (TPSA) is 69.2 Å². The Morgan fingerprint density at radius 2 is 1.75 bits per heavy atom. The van der Waals surface area contributed by atoms with Crippen molar-refractivity contribution in [3.63, 3.8) is 0 Å². The first-order chi connectivity index (χ1) is 9.51. The second-order valence-electron chi connectivity index (χ2n) is 5.35. The second-order valence-corrected chi connectivity index (χ2v) is 5.35. The summed E-state index contributed by atoms with van der Waals surface area (Å²) in [5.74, 6) is 1.08. The third kappa shape index (κ3) is 6.54. The molecule has 0 unspecified atom stereocenters. The maximum Gasteiger partial charge on any atom is 0.324 e. The van der Waals surface area contributed by atoms with Crippen LogP contribution in [-0.2, 0) is 0 Å². The third-order valence-corrected chi connectivity index (χ3v) is 2.39. The summed E-state index contributed by atoms with van der Waals surface area (Å²) in [5, 5.41) is 3.13. The lowest BCUT2D eigenvalue weighted by molar-refractivity contribution is 0.211. The molecule has 0 spiro atoms. The Labute approximate surface area is 121 Å². The van der Waals surface area contributed by atoms with E-state index in [1.807, 2.05) is 13.8 Å². The monoisotopic (exact) mass is 282 g/mol. The van der Waals surface area contributed by atoms with Crippen LogP contribution in [0.25, 0.3) is 0 Å². The van der Waals surface area contributed by atoms with Crippen LogP contribution in [0.4, 0.5) is 5.95 Å². The van der Waals surface area contributed by atoms with E-state index in [0.29, 0.717) is 30.5 Å². The number of nitrogens with one attached hydrogen (secondary N) is 1. The standard InChI is InChI=1S/C14H26N4O2/c1-6-8-15-12-16-13(19-9-7-10(2)3)18-14(17-12)20-11(4)5/h10-11H,6-9H2,1-5H3,(H,15,16,17,18). The Bertz CT molecular complexity index is 397. The molecule has 0 fully saturated rings. The van der Waals surface area contributed by atoms with Crippen molar-refractivity contribution < 1.29 is 9.47 Å². The molecule has 1 N–H and O–H groups in total. The highest BCUT2D eigenvalue weighted by Gasteiger charge is 2.10. The Kier molecular flexibility index (Phi) is 7.04. The molecule has 0 amide bonds. The van der Waals surface area contributed by atoms with E-state index in [1.54, 1.807) is 0 Å². The van der Waals surface area contributed by atoms with Crippen LogP contribution < -0.4 is 14.8 Å². The summed E-state index contributed by atoms with van der Waals surface area (Å²) >= 11 is 0. The fourth-order valence-corrected chi connectivity index (χ4v) is 1.37. The molecular formula is C14H26N4O2. The molecular weight excluding hydrogens is 256 g/mol. The largest absolute Gasteiger partial charge is 0.463 e. The molecule has 6 nitrogen and oxygen atoms in total. The molecule has 0 aliphatic heterocycles. The van der Waals surface area contributed by atoms with E-state index < -0.39 is 0 Å². The Morgan fingerprint density at radius 3 is 2.35 bits per heavy atom. The predicted octanol–water partition coefficient (Wildman–Crippen LogP) is 2.91. The molecule has 0 aliphatic rings. The summed E-state index contributed by atoms with van der Waals surface area (Å²) in [7, 11) is 0. The molecule has 6 heteroatoms. The van der Waals surface area contributed by atoms with Gasteiger partial charge in [0.15, 0.2) is 0 Å². The molecule has 0 bridgehead atoms. The molecule has 114 valence electrons. The van der Waals surface area contributed by atoms with Crippen LogP contribution in [0.15, 0.2) is 0 Å². The third-order valence-electron chi connectivity index (χ3n) is 2.39. The van der Waals surface area contributed by atoms with Crippen molar-refractivity contribution in [2.45, 2.75) is 53.6 Å². The first kappa shape index (κ1) is 16.5. The lowest BCUT2D eigenvalue weighted by atomic mass is 10.1. The van der Waals surface area contributed by atoms with Gasteiger partial charge in [-0.1, -0.05) is 20.8 Å². The van der Waals surface area contributed by atoms with Crippen molar-refractivity contribution in [1.29, 1.82) is 0 Å². The van der Waals surface area contributed by atoms with Crippen molar-refractivity contribution in [2.24, 2.45) is 5.92 Å². The van der Waals surface area contributed by atoms with Gasteiger partial charge in [-0.3, -0.25) is 0 Å². The normalized spacial score (nSPS) is 10.9. The summed E-state index contributed by atoms with van der Waals surface area (Å²) < 4.78 is 11.1. The Hall–Kier alpha value is -1.59. The van der Waals surface area contributed by atoms with Crippen LogP contribution in [0.1, 0.15) is 47.5 Å². The fraction of sp³-hybridized carbons (Fsp3) is 0.786. The van der Waals surface area contributed by atoms with E-state index in [0.717, 1.165) is 19.4 Å². The molecule has 0 saturated carbocycles. The van der Waals surface area contributed by atoms with Gasteiger partial charge in [0.25, 0.3) is 0 Å². The average molecular weight is 282 g/mol. The number of anilines is 1. The quantitative estimate of drug-likeness (QED) is 0.751. The lowest BCUT2D eigenvalue weighted by Gasteiger charge is -2.12. The summed E-state index contributed by atoms with van der Waals surface area (Å²) in [6.07, 6.45) is 1.97. The van der Waals surface area contributed by atoms with E-state index in [-0.39, 0.29) is 6.10 Å². The fourth-order valence-electron chi connectivity index (χ4n) is 1.37. The van der Waals surface area contributed by atoms with Crippen molar-refractivity contribution >= 4 is 5.95 Å².